The topological polar surface area (TPSA) is 47.7 Å². The highest BCUT2D eigenvalue weighted by molar-refractivity contribution is 4.92. The first-order chi connectivity index (χ1) is 6.31. The summed E-state index contributed by atoms with van der Waals surface area (Å²) in [7, 11) is 1.76. The van der Waals surface area contributed by atoms with Crippen LogP contribution in [0.2, 0.25) is 0 Å². The van der Waals surface area contributed by atoms with Crippen LogP contribution >= 0.6 is 0 Å². The summed E-state index contributed by atoms with van der Waals surface area (Å²) in [6, 6.07) is 0.902. The third kappa shape index (κ3) is 1.86. The summed E-state index contributed by atoms with van der Waals surface area (Å²) in [6.45, 7) is 3.62. The second kappa shape index (κ2) is 3.92. The van der Waals surface area contributed by atoms with Crippen LogP contribution in [0.15, 0.2) is 0 Å². The van der Waals surface area contributed by atoms with Crippen molar-refractivity contribution in [2.75, 3.05) is 33.4 Å². The Kier molecular flexibility index (Phi) is 2.83. The molecule has 13 heavy (non-hydrogen) atoms. The molecule has 2 aliphatic heterocycles. The van der Waals surface area contributed by atoms with Gasteiger partial charge in [-0.15, -0.1) is 0 Å². The largest absolute Gasteiger partial charge is 0.379 e. The predicted molar refractivity (Wildman–Crippen MR) is 49.6 cm³/mol. The summed E-state index contributed by atoms with van der Waals surface area (Å²) in [5, 5.41) is 0. The van der Waals surface area contributed by atoms with Gasteiger partial charge in [-0.2, -0.15) is 0 Å². The molecule has 2 aliphatic rings. The summed E-state index contributed by atoms with van der Waals surface area (Å²) in [5.74, 6) is 0. The van der Waals surface area contributed by atoms with Crippen LogP contribution in [0.1, 0.15) is 6.42 Å². The smallest absolute Gasteiger partial charge is 0.0960 e. The van der Waals surface area contributed by atoms with E-state index >= 15 is 0 Å². The number of nitrogens with two attached hydrogens (primary N) is 1. The Hall–Kier alpha value is -0.160. The first kappa shape index (κ1) is 9.40. The zero-order chi connectivity index (χ0) is 9.26. The van der Waals surface area contributed by atoms with E-state index in [2.05, 4.69) is 4.90 Å². The van der Waals surface area contributed by atoms with Crippen molar-refractivity contribution in [1.82, 2.24) is 4.90 Å². The molecule has 2 saturated heterocycles. The number of hydrogen-bond acceptors (Lipinski definition) is 4. The van der Waals surface area contributed by atoms with E-state index in [0.29, 0.717) is 12.1 Å². The number of rotatable bonds is 2. The molecular formula is C9H18N2O2. The maximum atomic E-state index is 5.75. The number of nitrogens with zero attached hydrogens (tertiary/aromatic N) is 1. The van der Waals surface area contributed by atoms with Crippen molar-refractivity contribution < 1.29 is 9.47 Å². The van der Waals surface area contributed by atoms with Crippen LogP contribution in [0.5, 0.6) is 0 Å². The molecule has 0 aromatic rings. The summed E-state index contributed by atoms with van der Waals surface area (Å²) >= 11 is 0. The molecule has 0 bridgehead atoms. The van der Waals surface area contributed by atoms with E-state index in [0.717, 1.165) is 32.7 Å². The molecule has 2 N–H and O–H groups in total. The zero-order valence-electron chi connectivity index (χ0n) is 8.11. The van der Waals surface area contributed by atoms with Gasteiger partial charge in [-0.3, -0.25) is 4.90 Å². The number of methoxy groups -OCH3 is 1. The maximum absolute atomic E-state index is 5.75. The Morgan fingerprint density at radius 1 is 1.46 bits per heavy atom. The fourth-order valence-corrected chi connectivity index (χ4v) is 2.16. The van der Waals surface area contributed by atoms with Gasteiger partial charge in [0.05, 0.1) is 12.7 Å². The first-order valence-electron chi connectivity index (χ1n) is 4.91. The van der Waals surface area contributed by atoms with E-state index in [9.17, 15) is 0 Å². The summed E-state index contributed by atoms with van der Waals surface area (Å²) in [5.41, 5.74) is 5.75. The lowest BCUT2D eigenvalue weighted by atomic mass is 9.98. The third-order valence-corrected chi connectivity index (χ3v) is 2.98. The number of ether oxygens (including phenoxy) is 2. The van der Waals surface area contributed by atoms with Crippen LogP contribution in [0.25, 0.3) is 0 Å². The van der Waals surface area contributed by atoms with Gasteiger partial charge in [0.15, 0.2) is 0 Å². The van der Waals surface area contributed by atoms with Crippen LogP contribution in [0.3, 0.4) is 0 Å². The Labute approximate surface area is 79.0 Å². The fourth-order valence-electron chi connectivity index (χ4n) is 2.16. The van der Waals surface area contributed by atoms with Crippen molar-refractivity contribution in [3.63, 3.8) is 0 Å². The molecule has 0 aromatic carbocycles. The quantitative estimate of drug-likeness (QED) is 0.627. The molecule has 4 heteroatoms. The van der Waals surface area contributed by atoms with E-state index in [1.165, 1.54) is 0 Å². The van der Waals surface area contributed by atoms with Crippen LogP contribution in [0, 0.1) is 0 Å². The molecule has 2 atom stereocenters. The van der Waals surface area contributed by atoms with Gasteiger partial charge < -0.3 is 15.2 Å². The van der Waals surface area contributed by atoms with Crippen LogP contribution < -0.4 is 5.73 Å². The Balaban J connectivity index is 1.87. The maximum Gasteiger partial charge on any atom is 0.0960 e. The minimum absolute atomic E-state index is 0.237. The summed E-state index contributed by atoms with van der Waals surface area (Å²) in [4.78, 5) is 2.40. The van der Waals surface area contributed by atoms with Crippen molar-refractivity contribution in [3.05, 3.63) is 0 Å². The van der Waals surface area contributed by atoms with E-state index in [-0.39, 0.29) is 6.10 Å². The van der Waals surface area contributed by atoms with Gasteiger partial charge in [-0.05, 0) is 6.42 Å². The molecule has 2 fully saturated rings. The minimum Gasteiger partial charge on any atom is -0.379 e. The molecule has 2 unspecified atom stereocenters. The normalized spacial score (nSPS) is 37.4. The molecule has 0 spiro atoms. The Morgan fingerprint density at radius 3 is 2.85 bits per heavy atom. The summed E-state index contributed by atoms with van der Waals surface area (Å²) < 4.78 is 10.8. The molecule has 0 amide bonds. The SMILES string of the molecule is COC1COCCC1N1CC(N)C1. The monoisotopic (exact) mass is 186 g/mol. The standard InChI is InChI=1S/C9H18N2O2/c1-12-9-6-13-3-2-8(9)11-4-7(10)5-11/h7-9H,2-6,10H2,1H3. The van der Waals surface area contributed by atoms with E-state index in [4.69, 9.17) is 15.2 Å². The molecule has 0 saturated carbocycles. The molecule has 0 aromatic heterocycles. The van der Waals surface area contributed by atoms with Gasteiger partial charge in [0.25, 0.3) is 0 Å². The molecule has 2 heterocycles. The van der Waals surface area contributed by atoms with Crippen molar-refractivity contribution >= 4 is 0 Å². The highest BCUT2D eigenvalue weighted by atomic mass is 16.5. The fraction of sp³-hybridized carbons (Fsp3) is 1.00. The third-order valence-electron chi connectivity index (χ3n) is 2.98. The average molecular weight is 186 g/mol. The molecule has 0 radical (unpaired) electrons. The van der Waals surface area contributed by atoms with Crippen molar-refractivity contribution in [2.24, 2.45) is 5.73 Å². The van der Waals surface area contributed by atoms with Gasteiger partial charge in [0, 0.05) is 38.9 Å². The van der Waals surface area contributed by atoms with Gasteiger partial charge in [0.1, 0.15) is 0 Å². The van der Waals surface area contributed by atoms with Gasteiger partial charge in [0.2, 0.25) is 0 Å². The Bertz CT molecular complexity index is 171. The number of hydrogen-bond donors (Lipinski definition) is 1. The van der Waals surface area contributed by atoms with Crippen LogP contribution in [-0.4, -0.2) is 56.5 Å². The lowest BCUT2D eigenvalue weighted by Gasteiger charge is -2.46. The molecular weight excluding hydrogens is 168 g/mol. The zero-order valence-corrected chi connectivity index (χ0v) is 8.11. The highest BCUT2D eigenvalue weighted by Crippen LogP contribution is 2.21. The number of likely N-dealkylation sites (tertiary alicyclic amines) is 1. The van der Waals surface area contributed by atoms with Gasteiger partial charge in [-0.25, -0.2) is 0 Å². The molecule has 4 nitrogen and oxygen atoms in total. The lowest BCUT2D eigenvalue weighted by Crippen LogP contribution is -2.63. The first-order valence-corrected chi connectivity index (χ1v) is 4.91. The Morgan fingerprint density at radius 2 is 2.23 bits per heavy atom. The van der Waals surface area contributed by atoms with Crippen molar-refractivity contribution in [2.45, 2.75) is 24.6 Å². The predicted octanol–water partition coefficient (Wildman–Crippen LogP) is -0.567. The van der Waals surface area contributed by atoms with E-state index < -0.39 is 0 Å². The van der Waals surface area contributed by atoms with Crippen molar-refractivity contribution in [1.29, 1.82) is 0 Å². The van der Waals surface area contributed by atoms with Gasteiger partial charge in [-0.1, -0.05) is 0 Å². The van der Waals surface area contributed by atoms with Crippen molar-refractivity contribution in [3.8, 4) is 0 Å². The van der Waals surface area contributed by atoms with Crippen LogP contribution in [-0.2, 0) is 9.47 Å². The lowest BCUT2D eigenvalue weighted by molar-refractivity contribution is -0.0986. The van der Waals surface area contributed by atoms with Crippen LogP contribution in [0.4, 0.5) is 0 Å². The highest BCUT2D eigenvalue weighted by Gasteiger charge is 2.36. The second-order valence-electron chi connectivity index (χ2n) is 3.92. The molecule has 76 valence electrons. The van der Waals surface area contributed by atoms with E-state index in [1.54, 1.807) is 7.11 Å². The second-order valence-corrected chi connectivity index (χ2v) is 3.92. The van der Waals surface area contributed by atoms with Gasteiger partial charge >= 0.3 is 0 Å². The molecule has 2 rings (SSSR count). The molecule has 0 aliphatic carbocycles. The summed E-state index contributed by atoms with van der Waals surface area (Å²) in [6.07, 6.45) is 1.31. The van der Waals surface area contributed by atoms with E-state index in [1.807, 2.05) is 0 Å². The average Bonchev–Trinajstić information content (AvgIpc) is 2.13. The minimum atomic E-state index is 0.237.